The van der Waals surface area contributed by atoms with Gasteiger partial charge >= 0.3 is 0 Å². The van der Waals surface area contributed by atoms with Crippen LogP contribution in [0.3, 0.4) is 0 Å². The van der Waals surface area contributed by atoms with Crippen molar-refractivity contribution < 1.29 is 9.47 Å². The first-order valence-electron chi connectivity index (χ1n) is 8.74. The summed E-state index contributed by atoms with van der Waals surface area (Å²) in [5.41, 5.74) is 4.72. The van der Waals surface area contributed by atoms with Crippen LogP contribution in [-0.2, 0) is 6.42 Å². The van der Waals surface area contributed by atoms with Crippen molar-refractivity contribution >= 4 is 23.0 Å². The minimum atomic E-state index is 0.738. The fourth-order valence-electron chi connectivity index (χ4n) is 2.92. The summed E-state index contributed by atoms with van der Waals surface area (Å²) in [6.45, 7) is 5.06. The molecule has 0 aliphatic rings. The minimum Gasteiger partial charge on any atom is -0.493 e. The maximum atomic E-state index is 5.53. The highest BCUT2D eigenvalue weighted by molar-refractivity contribution is 7.80. The van der Waals surface area contributed by atoms with E-state index in [0.717, 1.165) is 41.7 Å². The number of methoxy groups -OCH3 is 2. The zero-order valence-corrected chi connectivity index (χ0v) is 17.1. The van der Waals surface area contributed by atoms with Crippen molar-refractivity contribution in [1.29, 1.82) is 0 Å². The molecule has 0 amide bonds. The second kappa shape index (κ2) is 9.43. The van der Waals surface area contributed by atoms with E-state index in [-0.39, 0.29) is 0 Å². The fourth-order valence-corrected chi connectivity index (χ4v) is 3.13. The fraction of sp³-hybridized carbons (Fsp3) is 0.381. The largest absolute Gasteiger partial charge is 0.493 e. The summed E-state index contributed by atoms with van der Waals surface area (Å²) < 4.78 is 10.6. The van der Waals surface area contributed by atoms with Gasteiger partial charge in [-0.1, -0.05) is 12.1 Å². The lowest BCUT2D eigenvalue weighted by Gasteiger charge is -2.21. The van der Waals surface area contributed by atoms with Crippen LogP contribution in [0, 0.1) is 13.8 Å². The molecule has 0 heterocycles. The lowest BCUT2D eigenvalue weighted by atomic mass is 10.1. The maximum absolute atomic E-state index is 5.53. The van der Waals surface area contributed by atoms with E-state index in [1.54, 1.807) is 14.2 Å². The first-order chi connectivity index (χ1) is 12.4. The summed E-state index contributed by atoms with van der Waals surface area (Å²) in [5, 5.41) is 4.06. The molecule has 0 aromatic heterocycles. The van der Waals surface area contributed by atoms with Crippen LogP contribution in [0.1, 0.15) is 23.1 Å². The molecule has 1 N–H and O–H groups in total. The third kappa shape index (κ3) is 5.63. The molecule has 4 nitrogen and oxygen atoms in total. The molecule has 0 atom stereocenters. The molecule has 5 heteroatoms. The number of thiocarbonyl (C=S) groups is 1. The first-order valence-corrected chi connectivity index (χ1v) is 9.15. The van der Waals surface area contributed by atoms with Gasteiger partial charge in [-0.25, -0.2) is 0 Å². The van der Waals surface area contributed by atoms with Crippen molar-refractivity contribution in [2.75, 3.05) is 33.1 Å². The molecule has 0 fully saturated rings. The zero-order valence-electron chi connectivity index (χ0n) is 16.3. The Morgan fingerprint density at radius 3 is 2.27 bits per heavy atom. The van der Waals surface area contributed by atoms with Gasteiger partial charge in [-0.2, -0.15) is 0 Å². The summed E-state index contributed by atoms with van der Waals surface area (Å²) in [4.78, 5) is 2.08. The molecular weight excluding hydrogens is 344 g/mol. The van der Waals surface area contributed by atoms with E-state index in [9.17, 15) is 0 Å². The molecule has 2 aromatic rings. The second-order valence-electron chi connectivity index (χ2n) is 6.52. The number of benzene rings is 2. The highest BCUT2D eigenvalue weighted by Crippen LogP contribution is 2.28. The molecule has 0 unspecified atom stereocenters. The van der Waals surface area contributed by atoms with Gasteiger partial charge in [-0.05, 0) is 79.9 Å². The van der Waals surface area contributed by atoms with E-state index in [0.29, 0.717) is 0 Å². The zero-order chi connectivity index (χ0) is 19.1. The Hall–Kier alpha value is -2.27. The summed E-state index contributed by atoms with van der Waals surface area (Å²) in [6.07, 6.45) is 1.96. The van der Waals surface area contributed by atoms with Gasteiger partial charge in [0.05, 0.1) is 14.2 Å². The first kappa shape index (κ1) is 20.0. The van der Waals surface area contributed by atoms with Crippen LogP contribution in [0.25, 0.3) is 0 Å². The molecule has 140 valence electrons. The van der Waals surface area contributed by atoms with Crippen molar-refractivity contribution in [3.8, 4) is 11.5 Å². The number of rotatable bonds is 7. The summed E-state index contributed by atoms with van der Waals surface area (Å²) in [6, 6.07) is 12.4. The molecule has 0 saturated heterocycles. The van der Waals surface area contributed by atoms with Gasteiger partial charge in [0.15, 0.2) is 16.6 Å². The molecule has 0 aliphatic carbocycles. The molecule has 2 rings (SSSR count). The topological polar surface area (TPSA) is 33.7 Å². The van der Waals surface area contributed by atoms with Crippen LogP contribution >= 0.6 is 12.2 Å². The third-order valence-electron chi connectivity index (χ3n) is 4.23. The van der Waals surface area contributed by atoms with E-state index in [1.807, 2.05) is 19.2 Å². The van der Waals surface area contributed by atoms with Crippen molar-refractivity contribution in [2.24, 2.45) is 0 Å². The van der Waals surface area contributed by atoms with Gasteiger partial charge in [0.2, 0.25) is 0 Å². The van der Waals surface area contributed by atoms with Gasteiger partial charge < -0.3 is 19.7 Å². The molecule has 0 radical (unpaired) electrons. The number of anilines is 1. The number of nitrogens with zero attached hydrogens (tertiary/aromatic N) is 1. The molecule has 0 aliphatic heterocycles. The van der Waals surface area contributed by atoms with Gasteiger partial charge in [-0.15, -0.1) is 0 Å². The van der Waals surface area contributed by atoms with E-state index < -0.39 is 0 Å². The average molecular weight is 373 g/mol. The average Bonchev–Trinajstić information content (AvgIpc) is 2.60. The molecule has 0 bridgehead atoms. The highest BCUT2D eigenvalue weighted by atomic mass is 32.1. The Labute approximate surface area is 162 Å². The van der Waals surface area contributed by atoms with Crippen LogP contribution < -0.4 is 14.8 Å². The monoisotopic (exact) mass is 372 g/mol. The quantitative estimate of drug-likeness (QED) is 0.720. The van der Waals surface area contributed by atoms with Crippen molar-refractivity contribution in [3.05, 3.63) is 53.1 Å². The Morgan fingerprint density at radius 1 is 1.00 bits per heavy atom. The molecular formula is C21H28N2O2S. The van der Waals surface area contributed by atoms with Crippen molar-refractivity contribution in [2.45, 2.75) is 26.7 Å². The van der Waals surface area contributed by atoms with E-state index in [1.165, 1.54) is 16.7 Å². The molecule has 26 heavy (non-hydrogen) atoms. The minimum absolute atomic E-state index is 0.738. The number of hydrogen-bond donors (Lipinski definition) is 1. The number of hydrogen-bond acceptors (Lipinski definition) is 3. The Morgan fingerprint density at radius 2 is 1.65 bits per heavy atom. The summed E-state index contributed by atoms with van der Waals surface area (Å²) >= 11 is 5.53. The van der Waals surface area contributed by atoms with E-state index >= 15 is 0 Å². The van der Waals surface area contributed by atoms with Gasteiger partial charge in [0, 0.05) is 19.3 Å². The number of aryl methyl sites for hydroxylation is 3. The smallest absolute Gasteiger partial charge is 0.173 e. The summed E-state index contributed by atoms with van der Waals surface area (Å²) in [5.74, 6) is 1.53. The third-order valence-corrected chi connectivity index (χ3v) is 4.64. The Balaban J connectivity index is 1.86. The molecule has 0 saturated carbocycles. The van der Waals surface area contributed by atoms with E-state index in [2.05, 4.69) is 48.3 Å². The Kier molecular flexibility index (Phi) is 7.27. The van der Waals surface area contributed by atoms with Crippen LogP contribution in [-0.4, -0.2) is 37.8 Å². The molecule has 2 aromatic carbocycles. The summed E-state index contributed by atoms with van der Waals surface area (Å²) in [7, 11) is 5.33. The predicted molar refractivity (Wildman–Crippen MR) is 113 cm³/mol. The maximum Gasteiger partial charge on any atom is 0.173 e. The van der Waals surface area contributed by atoms with Crippen molar-refractivity contribution in [1.82, 2.24) is 4.90 Å². The number of nitrogens with one attached hydrogen (secondary N) is 1. The van der Waals surface area contributed by atoms with Crippen LogP contribution in [0.15, 0.2) is 36.4 Å². The standard InChI is InChI=1S/C21H28N2O2S/c1-15-11-16(2)13-18(12-15)22-21(26)23(3)10-6-7-17-8-9-19(24-4)20(14-17)25-5/h8-9,11-14H,6-7,10H2,1-5H3,(H,22,26). The SMILES string of the molecule is COc1ccc(CCCN(C)C(=S)Nc2cc(C)cc(C)c2)cc1OC. The predicted octanol–water partition coefficient (Wildman–Crippen LogP) is 4.58. The lowest BCUT2D eigenvalue weighted by Crippen LogP contribution is -2.32. The number of ether oxygens (including phenoxy) is 2. The van der Waals surface area contributed by atoms with Gasteiger partial charge in [-0.3, -0.25) is 0 Å². The second-order valence-corrected chi connectivity index (χ2v) is 6.91. The lowest BCUT2D eigenvalue weighted by molar-refractivity contribution is 0.354. The van der Waals surface area contributed by atoms with Gasteiger partial charge in [0.1, 0.15) is 0 Å². The van der Waals surface area contributed by atoms with Crippen molar-refractivity contribution in [3.63, 3.8) is 0 Å². The highest BCUT2D eigenvalue weighted by Gasteiger charge is 2.07. The molecule has 0 spiro atoms. The normalized spacial score (nSPS) is 10.3. The van der Waals surface area contributed by atoms with Crippen LogP contribution in [0.5, 0.6) is 11.5 Å². The van der Waals surface area contributed by atoms with Crippen LogP contribution in [0.4, 0.5) is 5.69 Å². The van der Waals surface area contributed by atoms with E-state index in [4.69, 9.17) is 21.7 Å². The van der Waals surface area contributed by atoms with Crippen LogP contribution in [0.2, 0.25) is 0 Å². The van der Waals surface area contributed by atoms with Gasteiger partial charge in [0.25, 0.3) is 0 Å². The Bertz CT molecular complexity index is 741.